The number of hydrogen-bond donors (Lipinski definition) is 0. The van der Waals surface area contributed by atoms with Gasteiger partial charge in [0.25, 0.3) is 0 Å². The quantitative estimate of drug-likeness (QED) is 0.635. The van der Waals surface area contributed by atoms with E-state index in [0.717, 1.165) is 6.61 Å². The Morgan fingerprint density at radius 2 is 1.71 bits per heavy atom. The first kappa shape index (κ1) is 11.5. The third-order valence-corrected chi connectivity index (χ3v) is 2.83. The number of nitrogens with zero attached hydrogens (tertiary/aromatic N) is 1. The molecule has 1 atom stereocenters. The summed E-state index contributed by atoms with van der Waals surface area (Å²) in [4.78, 5) is 0. The van der Waals surface area contributed by atoms with Crippen molar-refractivity contribution in [2.75, 3.05) is 6.61 Å². The van der Waals surface area contributed by atoms with Crippen molar-refractivity contribution in [1.82, 2.24) is 0 Å². The minimum Gasteiger partial charge on any atom is -0.441 e. The minimum atomic E-state index is 0.501. The normalized spacial score (nSPS) is 22.8. The molecule has 0 saturated carbocycles. The first-order valence-corrected chi connectivity index (χ1v) is 5.73. The van der Waals surface area contributed by atoms with Gasteiger partial charge in [-0.3, -0.25) is 0 Å². The first-order valence-electron chi connectivity index (χ1n) is 5.73. The van der Waals surface area contributed by atoms with E-state index in [-0.39, 0.29) is 0 Å². The highest BCUT2D eigenvalue weighted by Gasteiger charge is 2.39. The van der Waals surface area contributed by atoms with Gasteiger partial charge >= 0.3 is 5.90 Å². The lowest BCUT2D eigenvalue weighted by atomic mass is 10.0. The third-order valence-electron chi connectivity index (χ3n) is 2.83. The van der Waals surface area contributed by atoms with E-state index in [1.807, 2.05) is 0 Å². The lowest BCUT2D eigenvalue weighted by molar-refractivity contribution is -0.593. The molecule has 2 heteroatoms. The molecule has 14 heavy (non-hydrogen) atoms. The van der Waals surface area contributed by atoms with Gasteiger partial charge in [-0.2, -0.15) is 4.58 Å². The summed E-state index contributed by atoms with van der Waals surface area (Å²) in [6, 6.07) is 1.11. The van der Waals surface area contributed by atoms with Crippen LogP contribution in [-0.2, 0) is 4.74 Å². The predicted octanol–water partition coefficient (Wildman–Crippen LogP) is 2.52. The summed E-state index contributed by atoms with van der Waals surface area (Å²) in [6.07, 6.45) is 0. The molecule has 0 N–H and O–H groups in total. The highest BCUT2D eigenvalue weighted by Crippen LogP contribution is 2.19. The van der Waals surface area contributed by atoms with E-state index >= 15 is 0 Å². The molecule has 2 nitrogen and oxygen atoms in total. The second-order valence-electron chi connectivity index (χ2n) is 5.12. The Kier molecular flexibility index (Phi) is 3.57. The van der Waals surface area contributed by atoms with Crippen LogP contribution in [0.4, 0.5) is 0 Å². The van der Waals surface area contributed by atoms with E-state index in [1.165, 1.54) is 5.90 Å². The first-order chi connectivity index (χ1) is 6.45. The second kappa shape index (κ2) is 4.33. The molecule has 1 rings (SSSR count). The zero-order chi connectivity index (χ0) is 10.9. The molecule has 0 aliphatic carbocycles. The Morgan fingerprint density at radius 3 is 2.07 bits per heavy atom. The van der Waals surface area contributed by atoms with Crippen LogP contribution in [0.15, 0.2) is 0 Å². The van der Waals surface area contributed by atoms with E-state index < -0.39 is 0 Å². The van der Waals surface area contributed by atoms with Crippen molar-refractivity contribution < 1.29 is 9.31 Å². The Morgan fingerprint density at radius 1 is 1.14 bits per heavy atom. The van der Waals surface area contributed by atoms with Crippen molar-refractivity contribution in [3.63, 3.8) is 0 Å². The molecule has 0 saturated heterocycles. The van der Waals surface area contributed by atoms with Gasteiger partial charge in [0.15, 0.2) is 18.7 Å². The van der Waals surface area contributed by atoms with Gasteiger partial charge in [-0.1, -0.05) is 13.8 Å². The molecule has 0 spiro atoms. The van der Waals surface area contributed by atoms with E-state index in [2.05, 4.69) is 46.1 Å². The van der Waals surface area contributed by atoms with Crippen molar-refractivity contribution in [3.05, 3.63) is 0 Å². The SMILES string of the molecule is CC(C)C1=[N+](C(C)C)[C@@H](C(C)C)CO1. The van der Waals surface area contributed by atoms with Gasteiger partial charge in [0.2, 0.25) is 0 Å². The van der Waals surface area contributed by atoms with Gasteiger partial charge in [0, 0.05) is 5.92 Å². The van der Waals surface area contributed by atoms with Crippen molar-refractivity contribution in [1.29, 1.82) is 0 Å². The van der Waals surface area contributed by atoms with Crippen LogP contribution in [0, 0.1) is 11.8 Å². The van der Waals surface area contributed by atoms with Crippen LogP contribution in [0.3, 0.4) is 0 Å². The van der Waals surface area contributed by atoms with Crippen molar-refractivity contribution in [2.45, 2.75) is 53.6 Å². The molecule has 0 bridgehead atoms. The molecule has 0 aromatic heterocycles. The van der Waals surface area contributed by atoms with Crippen LogP contribution in [0.5, 0.6) is 0 Å². The Balaban J connectivity index is 2.96. The maximum absolute atomic E-state index is 5.80. The fourth-order valence-electron chi connectivity index (χ4n) is 2.10. The number of ether oxygens (including phenoxy) is 1. The molecule has 0 aromatic rings. The summed E-state index contributed by atoms with van der Waals surface area (Å²) in [5.41, 5.74) is 0. The molecule has 82 valence electrons. The summed E-state index contributed by atoms with van der Waals surface area (Å²) >= 11 is 0. The van der Waals surface area contributed by atoms with Crippen LogP contribution in [0.25, 0.3) is 0 Å². The highest BCUT2D eigenvalue weighted by molar-refractivity contribution is 5.74. The van der Waals surface area contributed by atoms with Crippen molar-refractivity contribution >= 4 is 5.90 Å². The summed E-state index contributed by atoms with van der Waals surface area (Å²) in [6.45, 7) is 14.3. The van der Waals surface area contributed by atoms with Crippen LogP contribution < -0.4 is 0 Å². The zero-order valence-corrected chi connectivity index (χ0v) is 10.4. The molecule has 1 aliphatic rings. The molecular weight excluding hydrogens is 174 g/mol. The Labute approximate surface area is 88.0 Å². The molecule has 0 aromatic carbocycles. The lowest BCUT2D eigenvalue weighted by Gasteiger charge is -2.15. The van der Waals surface area contributed by atoms with E-state index in [0.29, 0.717) is 23.9 Å². The number of rotatable bonds is 3. The molecular formula is C12H24NO+. The molecule has 0 fully saturated rings. The maximum Gasteiger partial charge on any atom is 0.339 e. The van der Waals surface area contributed by atoms with Crippen LogP contribution >= 0.6 is 0 Å². The largest absolute Gasteiger partial charge is 0.441 e. The van der Waals surface area contributed by atoms with Crippen LogP contribution in [-0.4, -0.2) is 29.2 Å². The Hall–Kier alpha value is -0.530. The molecule has 0 amide bonds. The average molecular weight is 198 g/mol. The maximum atomic E-state index is 5.80. The van der Waals surface area contributed by atoms with E-state index in [4.69, 9.17) is 4.74 Å². The van der Waals surface area contributed by atoms with Gasteiger partial charge in [0.05, 0.1) is 5.92 Å². The zero-order valence-electron chi connectivity index (χ0n) is 10.4. The smallest absolute Gasteiger partial charge is 0.339 e. The summed E-state index contributed by atoms with van der Waals surface area (Å²) in [5.74, 6) is 2.34. The monoisotopic (exact) mass is 198 g/mol. The van der Waals surface area contributed by atoms with Gasteiger partial charge in [-0.25, -0.2) is 0 Å². The van der Waals surface area contributed by atoms with Crippen molar-refractivity contribution in [2.24, 2.45) is 11.8 Å². The summed E-state index contributed by atoms with van der Waals surface area (Å²) in [5, 5.41) is 0. The predicted molar refractivity (Wildman–Crippen MR) is 59.8 cm³/mol. The van der Waals surface area contributed by atoms with Gasteiger partial charge in [-0.15, -0.1) is 0 Å². The average Bonchev–Trinajstić information content (AvgIpc) is 2.46. The standard InChI is InChI=1S/C12H24NO/c1-8(2)11-7-14-12(9(3)4)13(11)10(5)6/h8-11H,7H2,1-6H3/q+1/t11-/m1/s1. The van der Waals surface area contributed by atoms with Gasteiger partial charge in [0.1, 0.15) is 0 Å². The minimum absolute atomic E-state index is 0.501. The second-order valence-corrected chi connectivity index (χ2v) is 5.12. The Bertz CT molecular complexity index is 228. The van der Waals surface area contributed by atoms with Gasteiger partial charge < -0.3 is 4.74 Å². The molecule has 1 aliphatic heterocycles. The number of hydrogen-bond acceptors (Lipinski definition) is 1. The fourth-order valence-corrected chi connectivity index (χ4v) is 2.10. The summed E-state index contributed by atoms with van der Waals surface area (Å²) < 4.78 is 8.26. The highest BCUT2D eigenvalue weighted by atomic mass is 16.5. The van der Waals surface area contributed by atoms with Crippen LogP contribution in [0.2, 0.25) is 0 Å². The van der Waals surface area contributed by atoms with E-state index in [1.54, 1.807) is 0 Å². The fraction of sp³-hybridized carbons (Fsp3) is 0.917. The third kappa shape index (κ3) is 2.10. The van der Waals surface area contributed by atoms with Crippen molar-refractivity contribution in [3.8, 4) is 0 Å². The summed E-state index contributed by atoms with van der Waals surface area (Å²) in [7, 11) is 0. The van der Waals surface area contributed by atoms with Gasteiger partial charge in [-0.05, 0) is 27.7 Å². The molecule has 0 unspecified atom stereocenters. The lowest BCUT2D eigenvalue weighted by Crippen LogP contribution is -2.36. The van der Waals surface area contributed by atoms with E-state index in [9.17, 15) is 0 Å². The van der Waals surface area contributed by atoms with Crippen LogP contribution in [0.1, 0.15) is 41.5 Å². The topological polar surface area (TPSA) is 12.2 Å². The molecule has 1 heterocycles. The molecule has 0 radical (unpaired) electrons.